The average molecular weight is 131 g/mol. The second-order valence-corrected chi connectivity index (χ2v) is 2.55. The summed E-state index contributed by atoms with van der Waals surface area (Å²) in [6, 6.07) is 0. The van der Waals surface area contributed by atoms with E-state index in [-0.39, 0.29) is 6.10 Å². The van der Waals surface area contributed by atoms with E-state index in [2.05, 4.69) is 0 Å². The topological polar surface area (TPSA) is 44.5 Å². The van der Waals surface area contributed by atoms with Crippen LogP contribution >= 0.6 is 0 Å². The van der Waals surface area contributed by atoms with Gasteiger partial charge < -0.3 is 15.2 Å². The molecule has 1 aliphatic heterocycles. The van der Waals surface area contributed by atoms with Crippen LogP contribution < -0.4 is 5.73 Å². The average Bonchev–Trinajstić information content (AvgIpc) is 1.77. The molecule has 0 spiro atoms. The molecule has 0 amide bonds. The minimum absolute atomic E-state index is 0.00579. The normalized spacial score (nSPS) is 45.0. The van der Waals surface area contributed by atoms with Crippen molar-refractivity contribution in [2.75, 3.05) is 13.2 Å². The van der Waals surface area contributed by atoms with Gasteiger partial charge in [0.2, 0.25) is 0 Å². The van der Waals surface area contributed by atoms with Crippen molar-refractivity contribution in [2.24, 2.45) is 5.73 Å². The van der Waals surface area contributed by atoms with E-state index in [4.69, 9.17) is 15.2 Å². The van der Waals surface area contributed by atoms with Crippen LogP contribution in [-0.4, -0.2) is 25.0 Å². The summed E-state index contributed by atoms with van der Waals surface area (Å²) in [7, 11) is 0. The van der Waals surface area contributed by atoms with E-state index in [0.717, 1.165) is 0 Å². The highest BCUT2D eigenvalue weighted by Gasteiger charge is 2.31. The van der Waals surface area contributed by atoms with Crippen LogP contribution in [0, 0.1) is 0 Å². The Morgan fingerprint density at radius 1 is 1.56 bits per heavy atom. The minimum atomic E-state index is -0.585. The molecule has 1 rings (SSSR count). The number of hydrogen-bond acceptors (Lipinski definition) is 3. The molecule has 2 unspecified atom stereocenters. The lowest BCUT2D eigenvalue weighted by Gasteiger charge is -2.35. The van der Waals surface area contributed by atoms with Crippen molar-refractivity contribution in [1.82, 2.24) is 0 Å². The minimum Gasteiger partial charge on any atom is -0.372 e. The third-order valence-electron chi connectivity index (χ3n) is 1.67. The van der Waals surface area contributed by atoms with E-state index < -0.39 is 5.72 Å². The molecule has 54 valence electrons. The molecule has 3 nitrogen and oxygen atoms in total. The molecule has 0 radical (unpaired) electrons. The van der Waals surface area contributed by atoms with Crippen LogP contribution in [0.1, 0.15) is 13.8 Å². The maximum atomic E-state index is 5.67. The van der Waals surface area contributed by atoms with Crippen LogP contribution in [0.3, 0.4) is 0 Å². The van der Waals surface area contributed by atoms with E-state index >= 15 is 0 Å². The van der Waals surface area contributed by atoms with E-state index in [1.807, 2.05) is 13.8 Å². The summed E-state index contributed by atoms with van der Waals surface area (Å²) in [4.78, 5) is 0. The molecule has 3 heteroatoms. The standard InChI is InChI=1S/C6H13NO2/c1-5-6(2,7)9-4-3-8-5/h5H,3-4,7H2,1-2H3. The Morgan fingerprint density at radius 2 is 2.22 bits per heavy atom. The molecule has 0 saturated carbocycles. The lowest BCUT2D eigenvalue weighted by atomic mass is 10.1. The van der Waals surface area contributed by atoms with Gasteiger partial charge in [-0.2, -0.15) is 0 Å². The van der Waals surface area contributed by atoms with Crippen LogP contribution in [0.15, 0.2) is 0 Å². The van der Waals surface area contributed by atoms with Gasteiger partial charge in [0.25, 0.3) is 0 Å². The summed E-state index contributed by atoms with van der Waals surface area (Å²) < 4.78 is 10.5. The zero-order chi connectivity index (χ0) is 6.91. The van der Waals surface area contributed by atoms with Gasteiger partial charge >= 0.3 is 0 Å². The van der Waals surface area contributed by atoms with Gasteiger partial charge in [0.1, 0.15) is 5.72 Å². The first-order valence-corrected chi connectivity index (χ1v) is 3.17. The number of hydrogen-bond donors (Lipinski definition) is 1. The van der Waals surface area contributed by atoms with Crippen molar-refractivity contribution >= 4 is 0 Å². The molecule has 0 aliphatic carbocycles. The highest BCUT2D eigenvalue weighted by atomic mass is 16.6. The lowest BCUT2D eigenvalue weighted by Crippen LogP contribution is -2.54. The Hall–Kier alpha value is -0.120. The molecule has 0 aromatic rings. The predicted octanol–water partition coefficient (Wildman–Crippen LogP) is 0.0966. The Bertz CT molecular complexity index is 103. The van der Waals surface area contributed by atoms with Gasteiger partial charge in [-0.1, -0.05) is 0 Å². The summed E-state index contributed by atoms with van der Waals surface area (Å²) in [5, 5.41) is 0. The van der Waals surface area contributed by atoms with Gasteiger partial charge in [-0.15, -0.1) is 0 Å². The zero-order valence-corrected chi connectivity index (χ0v) is 5.89. The highest BCUT2D eigenvalue weighted by Crippen LogP contribution is 2.15. The number of ether oxygens (including phenoxy) is 2. The Labute approximate surface area is 55.1 Å². The predicted molar refractivity (Wildman–Crippen MR) is 34.0 cm³/mol. The smallest absolute Gasteiger partial charge is 0.140 e. The van der Waals surface area contributed by atoms with Gasteiger partial charge in [0.15, 0.2) is 0 Å². The highest BCUT2D eigenvalue weighted by molar-refractivity contribution is 4.77. The molecule has 1 saturated heterocycles. The maximum Gasteiger partial charge on any atom is 0.140 e. The molecule has 0 aromatic carbocycles. The van der Waals surface area contributed by atoms with Gasteiger partial charge in [0, 0.05) is 0 Å². The molecule has 0 bridgehead atoms. The molecule has 1 heterocycles. The van der Waals surface area contributed by atoms with Gasteiger partial charge in [0.05, 0.1) is 19.3 Å². The Balaban J connectivity index is 2.49. The lowest BCUT2D eigenvalue weighted by molar-refractivity contribution is -0.185. The molecule has 9 heavy (non-hydrogen) atoms. The molecule has 1 fully saturated rings. The van der Waals surface area contributed by atoms with E-state index in [0.29, 0.717) is 13.2 Å². The maximum absolute atomic E-state index is 5.67. The molecule has 2 N–H and O–H groups in total. The van der Waals surface area contributed by atoms with Crippen LogP contribution in [0.5, 0.6) is 0 Å². The van der Waals surface area contributed by atoms with Crippen LogP contribution in [0.25, 0.3) is 0 Å². The van der Waals surface area contributed by atoms with Gasteiger partial charge in [-0.05, 0) is 13.8 Å². The van der Waals surface area contributed by atoms with Crippen LogP contribution in [0.4, 0.5) is 0 Å². The molecule has 2 atom stereocenters. The van der Waals surface area contributed by atoms with Crippen molar-refractivity contribution < 1.29 is 9.47 Å². The molecule has 1 aliphatic rings. The van der Waals surface area contributed by atoms with E-state index in [1.165, 1.54) is 0 Å². The SMILES string of the molecule is CC1OCCOC1(C)N. The zero-order valence-electron chi connectivity index (χ0n) is 5.89. The fourth-order valence-corrected chi connectivity index (χ4v) is 0.769. The first kappa shape index (κ1) is 6.99. The van der Waals surface area contributed by atoms with Crippen molar-refractivity contribution in [3.8, 4) is 0 Å². The fraction of sp³-hybridized carbons (Fsp3) is 1.00. The summed E-state index contributed by atoms with van der Waals surface area (Å²) in [5.74, 6) is 0. The Kier molecular flexibility index (Phi) is 1.75. The fourth-order valence-electron chi connectivity index (χ4n) is 0.769. The monoisotopic (exact) mass is 131 g/mol. The van der Waals surface area contributed by atoms with Crippen molar-refractivity contribution in [1.29, 1.82) is 0 Å². The molecular weight excluding hydrogens is 118 g/mol. The van der Waals surface area contributed by atoms with Crippen molar-refractivity contribution in [3.05, 3.63) is 0 Å². The summed E-state index contributed by atoms with van der Waals surface area (Å²) in [5.41, 5.74) is 5.09. The largest absolute Gasteiger partial charge is 0.372 e. The van der Waals surface area contributed by atoms with E-state index in [9.17, 15) is 0 Å². The van der Waals surface area contributed by atoms with Gasteiger partial charge in [-0.25, -0.2) is 0 Å². The third-order valence-corrected chi connectivity index (χ3v) is 1.67. The van der Waals surface area contributed by atoms with E-state index in [1.54, 1.807) is 0 Å². The van der Waals surface area contributed by atoms with Crippen molar-refractivity contribution in [2.45, 2.75) is 25.7 Å². The Morgan fingerprint density at radius 3 is 2.56 bits per heavy atom. The summed E-state index contributed by atoms with van der Waals surface area (Å²) >= 11 is 0. The number of nitrogens with two attached hydrogens (primary N) is 1. The van der Waals surface area contributed by atoms with Crippen LogP contribution in [0.2, 0.25) is 0 Å². The molecule has 0 aromatic heterocycles. The summed E-state index contributed by atoms with van der Waals surface area (Å²) in [6.07, 6.45) is 0.00579. The number of rotatable bonds is 0. The second-order valence-electron chi connectivity index (χ2n) is 2.55. The van der Waals surface area contributed by atoms with Crippen molar-refractivity contribution in [3.63, 3.8) is 0 Å². The first-order chi connectivity index (χ1) is 4.13. The van der Waals surface area contributed by atoms with Gasteiger partial charge in [-0.3, -0.25) is 0 Å². The third kappa shape index (κ3) is 1.41. The summed E-state index contributed by atoms with van der Waals surface area (Å²) in [6.45, 7) is 5.02. The first-order valence-electron chi connectivity index (χ1n) is 3.17. The van der Waals surface area contributed by atoms with Crippen LogP contribution in [-0.2, 0) is 9.47 Å². The quantitative estimate of drug-likeness (QED) is 0.507. The second kappa shape index (κ2) is 2.25. The molecular formula is C6H13NO2.